The van der Waals surface area contributed by atoms with Gasteiger partial charge in [0, 0.05) is 19.3 Å². The topological polar surface area (TPSA) is 0 Å². The Morgan fingerprint density at radius 2 is 1.44 bits per heavy atom. The summed E-state index contributed by atoms with van der Waals surface area (Å²) in [5.74, 6) is 0. The van der Waals surface area contributed by atoms with Crippen LogP contribution in [0.25, 0.3) is 0 Å². The van der Waals surface area contributed by atoms with Crippen molar-refractivity contribution in [2.45, 2.75) is 60.8 Å². The van der Waals surface area contributed by atoms with E-state index >= 15 is 0 Å². The fraction of sp³-hybridized carbons (Fsp3) is 0.571. The molecule has 0 aliphatic heterocycles. The van der Waals surface area contributed by atoms with Crippen LogP contribution in [0.5, 0.6) is 0 Å². The average Bonchev–Trinajstić information content (AvgIpc) is 2.03. The van der Waals surface area contributed by atoms with Gasteiger partial charge in [-0.3, -0.25) is 0 Å². The molecule has 0 aromatic heterocycles. The lowest BCUT2D eigenvalue weighted by Gasteiger charge is -2.19. The van der Waals surface area contributed by atoms with Crippen LogP contribution in [0.2, 0.25) is 0 Å². The average molecular weight is 253 g/mol. The molecule has 0 aliphatic rings. The monoisotopic (exact) mass is 253 g/mol. The first-order valence-corrected chi connectivity index (χ1v) is 7.19. The summed E-state index contributed by atoms with van der Waals surface area (Å²) in [6.07, 6.45) is 0. The molecule has 0 atom stereocenters. The predicted molar refractivity (Wildman–Crippen MR) is 76.5 cm³/mol. The second-order valence-electron chi connectivity index (χ2n) is 5.82. The van der Waals surface area contributed by atoms with E-state index < -0.39 is 0 Å². The maximum absolute atomic E-state index is 3.36. The van der Waals surface area contributed by atoms with Gasteiger partial charge in [-0.25, -0.2) is 0 Å². The van der Waals surface area contributed by atoms with E-state index in [9.17, 15) is 0 Å². The smallest absolute Gasteiger partial charge is 0.0157 e. The first-order chi connectivity index (χ1) is 7.16. The molecule has 0 unspecified atom stereocenters. The Kier molecular flexibility index (Phi) is 4.42. The molecule has 0 bridgehead atoms. The van der Waals surface area contributed by atoms with E-state index in [4.69, 9.17) is 0 Å². The lowest BCUT2D eigenvalue weighted by atomic mass is 10.3. The summed E-state index contributed by atoms with van der Waals surface area (Å²) < 4.78 is 0.529. The van der Waals surface area contributed by atoms with Gasteiger partial charge in [0.05, 0.1) is 0 Å². The van der Waals surface area contributed by atoms with Crippen molar-refractivity contribution in [1.29, 1.82) is 0 Å². The Labute approximate surface area is 109 Å². The summed E-state index contributed by atoms with van der Waals surface area (Å²) in [5, 5.41) is 0. The van der Waals surface area contributed by atoms with Gasteiger partial charge in [-0.1, -0.05) is 41.5 Å². The minimum absolute atomic E-state index is 0.259. The zero-order valence-corrected chi connectivity index (χ0v) is 12.7. The number of hydrogen-bond donors (Lipinski definition) is 0. The van der Waals surface area contributed by atoms with Gasteiger partial charge < -0.3 is 0 Å². The van der Waals surface area contributed by atoms with Crippen molar-refractivity contribution in [2.75, 3.05) is 0 Å². The van der Waals surface area contributed by atoms with Gasteiger partial charge in [-0.2, -0.15) is 0 Å². The van der Waals surface area contributed by atoms with Gasteiger partial charge in [-0.15, -0.1) is 23.5 Å². The van der Waals surface area contributed by atoms with E-state index in [2.05, 4.69) is 65.8 Å². The maximum atomic E-state index is 3.36. The van der Waals surface area contributed by atoms with Crippen molar-refractivity contribution in [3.05, 3.63) is 24.3 Å². The molecule has 0 saturated heterocycles. The molecule has 0 fully saturated rings. The molecule has 0 amide bonds. The Morgan fingerprint density at radius 1 is 0.875 bits per heavy atom. The third-order valence-corrected chi connectivity index (χ3v) is 3.78. The minimum Gasteiger partial charge on any atom is -0.120 e. The predicted octanol–water partition coefficient (Wildman–Crippen LogP) is 5.27. The number of benzene rings is 1. The van der Waals surface area contributed by atoms with E-state index in [-0.39, 0.29) is 9.49 Å². The van der Waals surface area contributed by atoms with Gasteiger partial charge in [-0.05, 0) is 24.3 Å². The second-order valence-corrected chi connectivity index (χ2v) is 9.59. The third-order valence-electron chi connectivity index (χ3n) is 1.60. The van der Waals surface area contributed by atoms with E-state index in [0.717, 1.165) is 0 Å². The van der Waals surface area contributed by atoms with Gasteiger partial charge in [0.1, 0.15) is 0 Å². The van der Waals surface area contributed by atoms with Crippen LogP contribution in [0, 0.1) is 6.07 Å². The van der Waals surface area contributed by atoms with Crippen LogP contribution in [0.15, 0.2) is 28.0 Å². The SMILES string of the molecule is CC(C)(C)Sc1[c]cc(SC(C)(C)C)cc1. The van der Waals surface area contributed by atoms with Gasteiger partial charge >= 0.3 is 0 Å². The molecule has 1 radical (unpaired) electrons. The molecule has 0 saturated carbocycles. The molecule has 0 heterocycles. The lowest BCUT2D eigenvalue weighted by molar-refractivity contribution is 0.801. The van der Waals surface area contributed by atoms with Crippen LogP contribution in [-0.2, 0) is 0 Å². The summed E-state index contributed by atoms with van der Waals surface area (Å²) >= 11 is 3.75. The summed E-state index contributed by atoms with van der Waals surface area (Å²) in [7, 11) is 0. The maximum Gasteiger partial charge on any atom is 0.0157 e. The summed E-state index contributed by atoms with van der Waals surface area (Å²) in [6.45, 7) is 13.4. The molecular formula is C14H21S2. The highest BCUT2D eigenvalue weighted by molar-refractivity contribution is 8.01. The van der Waals surface area contributed by atoms with Crippen LogP contribution >= 0.6 is 23.5 Å². The van der Waals surface area contributed by atoms with E-state index in [1.54, 1.807) is 0 Å². The molecule has 0 spiro atoms. The molecule has 0 N–H and O–H groups in total. The van der Waals surface area contributed by atoms with Crippen LogP contribution in [0.1, 0.15) is 41.5 Å². The Morgan fingerprint density at radius 3 is 1.81 bits per heavy atom. The van der Waals surface area contributed by atoms with Crippen molar-refractivity contribution < 1.29 is 0 Å². The van der Waals surface area contributed by atoms with Crippen molar-refractivity contribution in [2.24, 2.45) is 0 Å². The second kappa shape index (κ2) is 5.05. The van der Waals surface area contributed by atoms with Crippen molar-refractivity contribution >= 4 is 23.5 Å². The first-order valence-electron chi connectivity index (χ1n) is 5.55. The molecule has 1 aromatic rings. The van der Waals surface area contributed by atoms with Crippen LogP contribution in [0.3, 0.4) is 0 Å². The molecule has 0 aliphatic carbocycles. The zero-order valence-electron chi connectivity index (χ0n) is 11.0. The molecule has 2 heteroatoms. The van der Waals surface area contributed by atoms with Crippen molar-refractivity contribution in [3.8, 4) is 0 Å². The summed E-state index contributed by atoms with van der Waals surface area (Å²) in [5.41, 5.74) is 0. The van der Waals surface area contributed by atoms with E-state index in [1.807, 2.05) is 23.5 Å². The highest BCUT2D eigenvalue weighted by Gasteiger charge is 2.14. The van der Waals surface area contributed by atoms with Crippen LogP contribution in [0.4, 0.5) is 0 Å². The molecule has 1 rings (SSSR count). The standard InChI is InChI=1S/C14H21S2/c1-13(2,3)15-11-7-9-12(10-8-11)16-14(4,5)6/h7-9H,1-6H3. The molecule has 16 heavy (non-hydrogen) atoms. The van der Waals surface area contributed by atoms with E-state index in [1.165, 1.54) is 9.79 Å². The zero-order chi connectivity index (χ0) is 12.4. The number of thioether (sulfide) groups is 2. The minimum atomic E-state index is 0.259. The van der Waals surface area contributed by atoms with Crippen molar-refractivity contribution in [1.82, 2.24) is 0 Å². The van der Waals surface area contributed by atoms with Gasteiger partial charge in [0.2, 0.25) is 0 Å². The third kappa shape index (κ3) is 5.86. The number of rotatable bonds is 2. The molecule has 0 nitrogen and oxygen atoms in total. The Hall–Kier alpha value is -0.0800. The van der Waals surface area contributed by atoms with Gasteiger partial charge in [0.15, 0.2) is 0 Å². The lowest BCUT2D eigenvalue weighted by Crippen LogP contribution is -2.07. The Balaban J connectivity index is 2.69. The fourth-order valence-corrected chi connectivity index (χ4v) is 3.08. The highest BCUT2D eigenvalue weighted by atomic mass is 32.2. The molecule has 89 valence electrons. The molecule has 1 aromatic carbocycles. The fourth-order valence-electron chi connectivity index (χ4n) is 1.21. The largest absolute Gasteiger partial charge is 0.120 e. The normalized spacial score (nSPS) is 12.9. The summed E-state index contributed by atoms with van der Waals surface area (Å²) in [6, 6.07) is 9.82. The van der Waals surface area contributed by atoms with E-state index in [0.29, 0.717) is 0 Å². The Bertz CT molecular complexity index is 290. The highest BCUT2D eigenvalue weighted by Crippen LogP contribution is 2.35. The van der Waals surface area contributed by atoms with Crippen LogP contribution in [-0.4, -0.2) is 9.49 Å². The van der Waals surface area contributed by atoms with Gasteiger partial charge in [0.25, 0.3) is 0 Å². The molecular weight excluding hydrogens is 232 g/mol. The van der Waals surface area contributed by atoms with Crippen LogP contribution < -0.4 is 0 Å². The first kappa shape index (κ1) is 14.0. The van der Waals surface area contributed by atoms with Crippen molar-refractivity contribution in [3.63, 3.8) is 0 Å². The quantitative estimate of drug-likeness (QED) is 0.659. The number of hydrogen-bond acceptors (Lipinski definition) is 2. The summed E-state index contributed by atoms with van der Waals surface area (Å²) in [4.78, 5) is 2.52.